The quantitative estimate of drug-likeness (QED) is 0.649. The maximum absolute atomic E-state index is 12.5. The van der Waals surface area contributed by atoms with Gasteiger partial charge in [0.2, 0.25) is 11.8 Å². The lowest BCUT2D eigenvalue weighted by molar-refractivity contribution is -0.121. The molecule has 0 aliphatic carbocycles. The van der Waals surface area contributed by atoms with Crippen molar-refractivity contribution in [3.8, 4) is 5.88 Å². The van der Waals surface area contributed by atoms with Crippen molar-refractivity contribution in [1.29, 1.82) is 0 Å². The molecular formula is C18H18N4O3S. The Kier molecular flexibility index (Phi) is 5.43. The SMILES string of the molecule is COc1cc(CNC(=O)CCn2c(=S)[nH]c3ccccc3c2=O)ccn1. The van der Waals surface area contributed by atoms with Gasteiger partial charge in [-0.1, -0.05) is 12.1 Å². The van der Waals surface area contributed by atoms with E-state index in [9.17, 15) is 9.59 Å². The predicted octanol–water partition coefficient (Wildman–Crippen LogP) is 2.17. The summed E-state index contributed by atoms with van der Waals surface area (Å²) in [5.74, 6) is 0.320. The van der Waals surface area contributed by atoms with E-state index in [1.54, 1.807) is 36.5 Å². The van der Waals surface area contributed by atoms with Gasteiger partial charge in [-0.05, 0) is 36.0 Å². The third-order valence-electron chi connectivity index (χ3n) is 3.95. The van der Waals surface area contributed by atoms with Gasteiger partial charge in [0, 0.05) is 31.8 Å². The van der Waals surface area contributed by atoms with Gasteiger partial charge < -0.3 is 15.0 Å². The highest BCUT2D eigenvalue weighted by Gasteiger charge is 2.08. The second-order valence-corrected chi connectivity index (χ2v) is 6.05. The summed E-state index contributed by atoms with van der Waals surface area (Å²) in [5.41, 5.74) is 1.37. The van der Waals surface area contributed by atoms with Crippen LogP contribution in [0.1, 0.15) is 12.0 Å². The van der Waals surface area contributed by atoms with E-state index in [4.69, 9.17) is 17.0 Å². The molecule has 1 amide bonds. The van der Waals surface area contributed by atoms with Crippen molar-refractivity contribution < 1.29 is 9.53 Å². The van der Waals surface area contributed by atoms with Gasteiger partial charge in [0.1, 0.15) is 0 Å². The Balaban J connectivity index is 1.65. The molecule has 2 aromatic heterocycles. The summed E-state index contributed by atoms with van der Waals surface area (Å²) < 4.78 is 6.77. The number of ether oxygens (including phenoxy) is 1. The molecule has 3 aromatic rings. The third-order valence-corrected chi connectivity index (χ3v) is 4.27. The number of para-hydroxylation sites is 1. The average molecular weight is 370 g/mol. The Hall–Kier alpha value is -3.00. The summed E-state index contributed by atoms with van der Waals surface area (Å²) in [7, 11) is 1.54. The summed E-state index contributed by atoms with van der Waals surface area (Å²) in [5, 5.41) is 3.36. The van der Waals surface area contributed by atoms with E-state index in [1.165, 1.54) is 11.7 Å². The lowest BCUT2D eigenvalue weighted by Gasteiger charge is -2.09. The maximum Gasteiger partial charge on any atom is 0.262 e. The average Bonchev–Trinajstić information content (AvgIpc) is 2.66. The van der Waals surface area contributed by atoms with Gasteiger partial charge in [0.05, 0.1) is 18.0 Å². The molecule has 0 aliphatic rings. The minimum absolute atomic E-state index is 0.151. The highest BCUT2D eigenvalue weighted by molar-refractivity contribution is 7.71. The van der Waals surface area contributed by atoms with E-state index in [-0.39, 0.29) is 24.4 Å². The number of aromatic nitrogens is 3. The number of fused-ring (bicyclic) bond motifs is 1. The molecular weight excluding hydrogens is 352 g/mol. The Bertz CT molecular complexity index is 1060. The number of aromatic amines is 1. The summed E-state index contributed by atoms with van der Waals surface area (Å²) in [6.07, 6.45) is 1.77. The molecule has 0 bridgehead atoms. The molecule has 26 heavy (non-hydrogen) atoms. The van der Waals surface area contributed by atoms with E-state index < -0.39 is 0 Å². The molecule has 2 heterocycles. The smallest absolute Gasteiger partial charge is 0.262 e. The molecule has 7 nitrogen and oxygen atoms in total. The van der Waals surface area contributed by atoms with Gasteiger partial charge in [-0.2, -0.15) is 0 Å². The second kappa shape index (κ2) is 7.92. The number of hydrogen-bond donors (Lipinski definition) is 2. The van der Waals surface area contributed by atoms with Crippen molar-refractivity contribution in [3.05, 3.63) is 63.3 Å². The third kappa shape index (κ3) is 3.97. The number of nitrogens with one attached hydrogen (secondary N) is 2. The lowest BCUT2D eigenvalue weighted by Crippen LogP contribution is -2.28. The first-order chi connectivity index (χ1) is 12.6. The first-order valence-corrected chi connectivity index (χ1v) is 8.47. The number of benzene rings is 1. The predicted molar refractivity (Wildman–Crippen MR) is 101 cm³/mol. The van der Waals surface area contributed by atoms with Crippen LogP contribution in [-0.2, 0) is 17.9 Å². The van der Waals surface area contributed by atoms with Crippen LogP contribution in [0.4, 0.5) is 0 Å². The number of H-pyrrole nitrogens is 1. The highest BCUT2D eigenvalue weighted by Crippen LogP contribution is 2.08. The molecule has 1 aromatic carbocycles. The van der Waals surface area contributed by atoms with Crippen LogP contribution in [0.25, 0.3) is 10.9 Å². The Morgan fingerprint density at radius 1 is 1.35 bits per heavy atom. The Morgan fingerprint density at radius 2 is 2.15 bits per heavy atom. The van der Waals surface area contributed by atoms with Crippen LogP contribution in [0.5, 0.6) is 5.88 Å². The molecule has 2 N–H and O–H groups in total. The molecule has 0 unspecified atom stereocenters. The van der Waals surface area contributed by atoms with Crippen LogP contribution in [0.2, 0.25) is 0 Å². The normalized spacial score (nSPS) is 10.7. The monoisotopic (exact) mass is 370 g/mol. The van der Waals surface area contributed by atoms with Crippen molar-refractivity contribution in [2.75, 3.05) is 7.11 Å². The number of rotatable bonds is 6. The van der Waals surface area contributed by atoms with Crippen molar-refractivity contribution in [1.82, 2.24) is 19.9 Å². The van der Waals surface area contributed by atoms with Crippen LogP contribution < -0.4 is 15.6 Å². The van der Waals surface area contributed by atoms with Gasteiger partial charge in [0.25, 0.3) is 5.56 Å². The molecule has 0 radical (unpaired) electrons. The van der Waals surface area contributed by atoms with Crippen molar-refractivity contribution in [2.45, 2.75) is 19.5 Å². The minimum atomic E-state index is -0.198. The molecule has 3 rings (SSSR count). The van der Waals surface area contributed by atoms with Gasteiger partial charge >= 0.3 is 0 Å². The zero-order valence-corrected chi connectivity index (χ0v) is 15.0. The number of hydrogen-bond acceptors (Lipinski definition) is 5. The molecule has 0 aliphatic heterocycles. The number of nitrogens with zero attached hydrogens (tertiary/aromatic N) is 2. The zero-order valence-electron chi connectivity index (χ0n) is 14.2. The molecule has 8 heteroatoms. The standard InChI is InChI=1S/C18H18N4O3S/c1-25-16-10-12(6-8-19-16)11-20-15(23)7-9-22-17(24)13-4-2-3-5-14(13)21-18(22)26/h2-6,8,10H,7,9,11H2,1H3,(H,20,23)(H,21,26). The van der Waals surface area contributed by atoms with E-state index in [0.29, 0.717) is 28.1 Å². The van der Waals surface area contributed by atoms with Crippen LogP contribution in [0, 0.1) is 4.77 Å². The fourth-order valence-corrected chi connectivity index (χ4v) is 2.86. The van der Waals surface area contributed by atoms with E-state index in [0.717, 1.165) is 5.56 Å². The first-order valence-electron chi connectivity index (χ1n) is 8.06. The van der Waals surface area contributed by atoms with Gasteiger partial charge in [-0.3, -0.25) is 14.2 Å². The zero-order chi connectivity index (χ0) is 18.5. The number of methoxy groups -OCH3 is 1. The number of carbonyl (C=O) groups is 1. The van der Waals surface area contributed by atoms with Crippen LogP contribution in [0.3, 0.4) is 0 Å². The molecule has 0 saturated carbocycles. The van der Waals surface area contributed by atoms with Crippen LogP contribution in [-0.4, -0.2) is 27.6 Å². The van der Waals surface area contributed by atoms with E-state index in [2.05, 4.69) is 15.3 Å². The lowest BCUT2D eigenvalue weighted by atomic mass is 10.2. The number of amides is 1. The topological polar surface area (TPSA) is 89.0 Å². The van der Waals surface area contributed by atoms with E-state index in [1.807, 2.05) is 6.07 Å². The van der Waals surface area contributed by atoms with Crippen LogP contribution in [0.15, 0.2) is 47.4 Å². The summed E-state index contributed by atoms with van der Waals surface area (Å²) >= 11 is 5.24. The molecule has 0 fully saturated rings. The first kappa shape index (κ1) is 17.8. The van der Waals surface area contributed by atoms with Crippen LogP contribution >= 0.6 is 12.2 Å². The fraction of sp³-hybridized carbons (Fsp3) is 0.222. The van der Waals surface area contributed by atoms with Gasteiger partial charge in [-0.25, -0.2) is 4.98 Å². The van der Waals surface area contributed by atoms with Gasteiger partial charge in [0.15, 0.2) is 4.77 Å². The number of carbonyl (C=O) groups excluding carboxylic acids is 1. The summed E-state index contributed by atoms with van der Waals surface area (Å²) in [4.78, 5) is 31.7. The van der Waals surface area contributed by atoms with E-state index >= 15 is 0 Å². The Labute approximate surface area is 154 Å². The maximum atomic E-state index is 12.5. The Morgan fingerprint density at radius 3 is 2.96 bits per heavy atom. The molecule has 134 valence electrons. The number of pyridine rings is 1. The molecule has 0 saturated heterocycles. The van der Waals surface area contributed by atoms with Crippen molar-refractivity contribution >= 4 is 29.0 Å². The fourth-order valence-electron chi connectivity index (χ4n) is 2.58. The van der Waals surface area contributed by atoms with Crippen molar-refractivity contribution in [2.24, 2.45) is 0 Å². The molecule has 0 atom stereocenters. The minimum Gasteiger partial charge on any atom is -0.481 e. The van der Waals surface area contributed by atoms with Gasteiger partial charge in [-0.15, -0.1) is 0 Å². The largest absolute Gasteiger partial charge is 0.481 e. The highest BCUT2D eigenvalue weighted by atomic mass is 32.1. The van der Waals surface area contributed by atoms with Crippen molar-refractivity contribution in [3.63, 3.8) is 0 Å². The summed E-state index contributed by atoms with van der Waals surface area (Å²) in [6, 6.07) is 10.7. The second-order valence-electron chi connectivity index (χ2n) is 5.67. The molecule has 0 spiro atoms. The summed E-state index contributed by atoms with van der Waals surface area (Å²) in [6.45, 7) is 0.571.